The van der Waals surface area contributed by atoms with Crippen LogP contribution in [-0.2, 0) is 4.79 Å². The molecule has 0 aromatic heterocycles. The molecule has 1 aromatic rings. The van der Waals surface area contributed by atoms with Crippen LogP contribution in [-0.4, -0.2) is 42.7 Å². The average molecular weight is 301 g/mol. The van der Waals surface area contributed by atoms with Gasteiger partial charge in [0.1, 0.15) is 5.75 Å². The molecule has 0 radical (unpaired) electrons. The van der Waals surface area contributed by atoms with E-state index in [1.165, 1.54) is 12.0 Å². The van der Waals surface area contributed by atoms with Crippen LogP contribution in [0.25, 0.3) is 0 Å². The fourth-order valence-corrected chi connectivity index (χ4v) is 1.73. The highest BCUT2D eigenvalue weighted by molar-refractivity contribution is 6.31. The molecule has 110 valence electrons. The molecule has 0 saturated carbocycles. The molecule has 0 atom stereocenters. The Hall–Kier alpha value is -1.95. The first-order chi connectivity index (χ1) is 9.43. The second kappa shape index (κ2) is 7.59. The molecule has 20 heavy (non-hydrogen) atoms. The number of carboxylic acids is 1. The second-order valence-corrected chi connectivity index (χ2v) is 4.63. The standard InChI is InChI=1S/C13H17ClN2O4/c1-16(7-3-4-12(17)18)13(19)15-10-8-9(14)5-6-11(10)20-2/h5-6,8H,3-4,7H2,1-2H3,(H,15,19)(H,17,18). The number of ether oxygens (including phenoxy) is 1. The summed E-state index contributed by atoms with van der Waals surface area (Å²) in [6.45, 7) is 0.348. The minimum absolute atomic E-state index is 0.0259. The third-order valence-electron chi connectivity index (χ3n) is 2.63. The molecule has 2 amide bonds. The lowest BCUT2D eigenvalue weighted by Crippen LogP contribution is -2.32. The summed E-state index contributed by atoms with van der Waals surface area (Å²) >= 11 is 5.87. The minimum Gasteiger partial charge on any atom is -0.495 e. The highest BCUT2D eigenvalue weighted by atomic mass is 35.5. The third kappa shape index (κ3) is 4.97. The van der Waals surface area contributed by atoms with E-state index in [0.717, 1.165) is 0 Å². The van der Waals surface area contributed by atoms with Crippen LogP contribution in [0.4, 0.5) is 10.5 Å². The summed E-state index contributed by atoms with van der Waals surface area (Å²) in [6.07, 6.45) is 0.421. The van der Waals surface area contributed by atoms with Crippen molar-refractivity contribution in [2.45, 2.75) is 12.8 Å². The van der Waals surface area contributed by atoms with E-state index in [4.69, 9.17) is 21.4 Å². The molecule has 0 spiro atoms. The fraction of sp³-hybridized carbons (Fsp3) is 0.385. The van der Waals surface area contributed by atoms with E-state index in [1.54, 1.807) is 25.2 Å². The summed E-state index contributed by atoms with van der Waals surface area (Å²) in [4.78, 5) is 23.8. The number of amides is 2. The number of rotatable bonds is 6. The van der Waals surface area contributed by atoms with Gasteiger partial charge in [-0.25, -0.2) is 4.79 Å². The van der Waals surface area contributed by atoms with Gasteiger partial charge in [-0.05, 0) is 24.6 Å². The zero-order valence-electron chi connectivity index (χ0n) is 11.4. The van der Waals surface area contributed by atoms with Crippen molar-refractivity contribution >= 4 is 29.3 Å². The number of hydrogen-bond donors (Lipinski definition) is 2. The molecule has 1 aromatic carbocycles. The predicted octanol–water partition coefficient (Wildman–Crippen LogP) is 2.68. The molecule has 0 aliphatic carbocycles. The maximum Gasteiger partial charge on any atom is 0.321 e. The Morgan fingerprint density at radius 3 is 2.75 bits per heavy atom. The number of halogens is 1. The number of aliphatic carboxylic acids is 1. The number of methoxy groups -OCH3 is 1. The number of anilines is 1. The Kier molecular flexibility index (Phi) is 6.11. The smallest absolute Gasteiger partial charge is 0.321 e. The van der Waals surface area contributed by atoms with Gasteiger partial charge in [0, 0.05) is 25.0 Å². The molecule has 1 rings (SSSR count). The Bertz CT molecular complexity index is 493. The minimum atomic E-state index is -0.879. The lowest BCUT2D eigenvalue weighted by molar-refractivity contribution is -0.137. The molecule has 7 heteroatoms. The van der Waals surface area contributed by atoms with Gasteiger partial charge in [-0.1, -0.05) is 11.6 Å². The first-order valence-electron chi connectivity index (χ1n) is 6.01. The first kappa shape index (κ1) is 16.1. The number of carboxylic acid groups (broad SMARTS) is 1. The predicted molar refractivity (Wildman–Crippen MR) is 76.5 cm³/mol. The molecule has 0 saturated heterocycles. The Balaban J connectivity index is 2.61. The van der Waals surface area contributed by atoms with E-state index in [9.17, 15) is 9.59 Å². The quantitative estimate of drug-likeness (QED) is 0.846. The molecule has 0 aliphatic rings. The SMILES string of the molecule is COc1ccc(Cl)cc1NC(=O)N(C)CCCC(=O)O. The lowest BCUT2D eigenvalue weighted by Gasteiger charge is -2.18. The van der Waals surface area contributed by atoms with Crippen LogP contribution in [0.1, 0.15) is 12.8 Å². The largest absolute Gasteiger partial charge is 0.495 e. The number of carbonyl (C=O) groups is 2. The van der Waals surface area contributed by atoms with Gasteiger partial charge >= 0.3 is 12.0 Å². The zero-order valence-corrected chi connectivity index (χ0v) is 12.1. The molecule has 0 heterocycles. The molecule has 0 unspecified atom stereocenters. The molecule has 0 fully saturated rings. The van der Waals surface area contributed by atoms with Crippen molar-refractivity contribution in [3.63, 3.8) is 0 Å². The van der Waals surface area contributed by atoms with Crippen LogP contribution >= 0.6 is 11.6 Å². The summed E-state index contributed by atoms with van der Waals surface area (Å²) in [6, 6.07) is 4.55. The number of nitrogens with zero attached hydrogens (tertiary/aromatic N) is 1. The van der Waals surface area contributed by atoms with E-state index in [-0.39, 0.29) is 12.5 Å². The van der Waals surface area contributed by atoms with Crippen LogP contribution in [0, 0.1) is 0 Å². The summed E-state index contributed by atoms with van der Waals surface area (Å²) in [5.74, 6) is -0.378. The van der Waals surface area contributed by atoms with Gasteiger partial charge in [0.05, 0.1) is 12.8 Å². The first-order valence-corrected chi connectivity index (χ1v) is 6.39. The highest BCUT2D eigenvalue weighted by Crippen LogP contribution is 2.27. The molecular weight excluding hydrogens is 284 g/mol. The summed E-state index contributed by atoms with van der Waals surface area (Å²) < 4.78 is 5.12. The van der Waals surface area contributed by atoms with Crippen molar-refractivity contribution in [1.82, 2.24) is 4.90 Å². The number of urea groups is 1. The van der Waals surface area contributed by atoms with E-state index in [1.807, 2.05) is 0 Å². The Morgan fingerprint density at radius 1 is 1.45 bits per heavy atom. The van der Waals surface area contributed by atoms with Crippen molar-refractivity contribution < 1.29 is 19.4 Å². The number of carbonyl (C=O) groups excluding carboxylic acids is 1. The molecular formula is C13H17ClN2O4. The van der Waals surface area contributed by atoms with Gasteiger partial charge < -0.3 is 20.1 Å². The lowest BCUT2D eigenvalue weighted by atomic mass is 10.3. The van der Waals surface area contributed by atoms with Crippen LogP contribution in [0.3, 0.4) is 0 Å². The van der Waals surface area contributed by atoms with Crippen molar-refractivity contribution in [2.75, 3.05) is 26.0 Å². The number of nitrogens with one attached hydrogen (secondary N) is 1. The van der Waals surface area contributed by atoms with Crippen molar-refractivity contribution in [2.24, 2.45) is 0 Å². The van der Waals surface area contributed by atoms with Crippen LogP contribution < -0.4 is 10.1 Å². The summed E-state index contributed by atoms with van der Waals surface area (Å²) in [7, 11) is 3.09. The van der Waals surface area contributed by atoms with Crippen molar-refractivity contribution in [1.29, 1.82) is 0 Å². The topological polar surface area (TPSA) is 78.9 Å². The van der Waals surface area contributed by atoms with Crippen LogP contribution in [0.15, 0.2) is 18.2 Å². The van der Waals surface area contributed by atoms with E-state index >= 15 is 0 Å². The molecule has 0 aliphatic heterocycles. The monoisotopic (exact) mass is 300 g/mol. The van der Waals surface area contributed by atoms with E-state index in [2.05, 4.69) is 5.32 Å². The van der Waals surface area contributed by atoms with Gasteiger partial charge in [-0.2, -0.15) is 0 Å². The second-order valence-electron chi connectivity index (χ2n) is 4.19. The average Bonchev–Trinajstić information content (AvgIpc) is 2.38. The van der Waals surface area contributed by atoms with Crippen molar-refractivity contribution in [3.05, 3.63) is 23.2 Å². The Labute approximate surface area is 122 Å². The summed E-state index contributed by atoms with van der Waals surface area (Å²) in [5.41, 5.74) is 0.468. The van der Waals surface area contributed by atoms with E-state index < -0.39 is 5.97 Å². The van der Waals surface area contributed by atoms with Gasteiger partial charge in [-0.15, -0.1) is 0 Å². The Morgan fingerprint density at radius 2 is 2.15 bits per heavy atom. The number of hydrogen-bond acceptors (Lipinski definition) is 3. The highest BCUT2D eigenvalue weighted by Gasteiger charge is 2.12. The summed E-state index contributed by atoms with van der Waals surface area (Å²) in [5, 5.41) is 11.7. The van der Waals surface area contributed by atoms with Crippen LogP contribution in [0.5, 0.6) is 5.75 Å². The van der Waals surface area contributed by atoms with Crippen molar-refractivity contribution in [3.8, 4) is 5.75 Å². The van der Waals surface area contributed by atoms with Gasteiger partial charge in [0.2, 0.25) is 0 Å². The molecule has 0 bridgehead atoms. The van der Waals surface area contributed by atoms with Crippen LogP contribution in [0.2, 0.25) is 5.02 Å². The maximum atomic E-state index is 11.9. The fourth-order valence-electron chi connectivity index (χ4n) is 1.56. The maximum absolute atomic E-state index is 11.9. The number of benzene rings is 1. The molecule has 6 nitrogen and oxygen atoms in total. The normalized spacial score (nSPS) is 9.95. The molecule has 2 N–H and O–H groups in total. The third-order valence-corrected chi connectivity index (χ3v) is 2.87. The van der Waals surface area contributed by atoms with Gasteiger partial charge in [0.15, 0.2) is 0 Å². The van der Waals surface area contributed by atoms with E-state index in [0.29, 0.717) is 29.4 Å². The zero-order chi connectivity index (χ0) is 15.1. The van der Waals surface area contributed by atoms with Gasteiger partial charge in [-0.3, -0.25) is 4.79 Å². The van der Waals surface area contributed by atoms with Gasteiger partial charge in [0.25, 0.3) is 0 Å².